The molecule has 2 aromatic rings. The first-order valence-electron chi connectivity index (χ1n) is 7.33. The summed E-state index contributed by atoms with van der Waals surface area (Å²) < 4.78 is 5.58. The van der Waals surface area contributed by atoms with Crippen molar-refractivity contribution < 1.29 is 9.53 Å². The molecule has 0 aliphatic carbocycles. The number of rotatable bonds is 7. The third-order valence-electron chi connectivity index (χ3n) is 3.31. The van der Waals surface area contributed by atoms with Gasteiger partial charge >= 0.3 is 0 Å². The minimum absolute atomic E-state index is 0.0991. The number of halogens is 1. The zero-order valence-corrected chi connectivity index (χ0v) is 13.3. The molecular formula is C18H20ClNO2. The fourth-order valence-electron chi connectivity index (χ4n) is 2.04. The Hall–Kier alpha value is -1.84. The topological polar surface area (TPSA) is 38.3 Å². The quantitative estimate of drug-likeness (QED) is 0.847. The first-order valence-corrected chi connectivity index (χ1v) is 7.70. The molecule has 4 heteroatoms. The molecular weight excluding hydrogens is 298 g/mol. The maximum absolute atomic E-state index is 12.0. The third-order valence-corrected chi connectivity index (χ3v) is 3.55. The SMILES string of the molecule is C[C@H](OCc1ccccc1)C(=O)NCCc1cccc(Cl)c1. The van der Waals surface area contributed by atoms with Gasteiger partial charge in [0.1, 0.15) is 6.10 Å². The minimum atomic E-state index is -0.473. The van der Waals surface area contributed by atoms with E-state index in [9.17, 15) is 4.79 Å². The summed E-state index contributed by atoms with van der Waals surface area (Å²) in [5, 5.41) is 3.59. The van der Waals surface area contributed by atoms with Crippen molar-refractivity contribution in [2.75, 3.05) is 6.54 Å². The van der Waals surface area contributed by atoms with E-state index in [0.717, 1.165) is 17.5 Å². The van der Waals surface area contributed by atoms with Crippen LogP contribution in [0.2, 0.25) is 5.02 Å². The summed E-state index contributed by atoms with van der Waals surface area (Å²) >= 11 is 5.93. The van der Waals surface area contributed by atoms with Crippen molar-refractivity contribution in [1.29, 1.82) is 0 Å². The Morgan fingerprint density at radius 1 is 1.14 bits per heavy atom. The normalized spacial score (nSPS) is 11.9. The van der Waals surface area contributed by atoms with Crippen LogP contribution in [-0.4, -0.2) is 18.6 Å². The van der Waals surface area contributed by atoms with Gasteiger partial charge in [-0.2, -0.15) is 0 Å². The maximum Gasteiger partial charge on any atom is 0.248 e. The van der Waals surface area contributed by atoms with Crippen molar-refractivity contribution in [3.63, 3.8) is 0 Å². The van der Waals surface area contributed by atoms with Crippen molar-refractivity contribution in [3.8, 4) is 0 Å². The molecule has 1 N–H and O–H groups in total. The van der Waals surface area contributed by atoms with E-state index in [1.54, 1.807) is 6.92 Å². The van der Waals surface area contributed by atoms with Crippen LogP contribution in [0.25, 0.3) is 0 Å². The molecule has 0 bridgehead atoms. The standard InChI is InChI=1S/C18H20ClNO2/c1-14(22-13-16-6-3-2-4-7-16)18(21)20-11-10-15-8-5-9-17(19)12-15/h2-9,12,14H,10-11,13H2,1H3,(H,20,21)/t14-/m0/s1. The molecule has 0 aliphatic heterocycles. The molecule has 0 fully saturated rings. The second-order valence-corrected chi connectivity index (χ2v) is 5.55. The number of ether oxygens (including phenoxy) is 1. The fraction of sp³-hybridized carbons (Fsp3) is 0.278. The van der Waals surface area contributed by atoms with Gasteiger partial charge in [0.2, 0.25) is 5.91 Å². The lowest BCUT2D eigenvalue weighted by Crippen LogP contribution is -2.35. The molecule has 0 radical (unpaired) electrons. The molecule has 2 aromatic carbocycles. The minimum Gasteiger partial charge on any atom is -0.364 e. The molecule has 0 spiro atoms. The van der Waals surface area contributed by atoms with Crippen LogP contribution in [0, 0.1) is 0 Å². The zero-order chi connectivity index (χ0) is 15.8. The van der Waals surface area contributed by atoms with Crippen molar-refractivity contribution in [2.45, 2.75) is 26.1 Å². The van der Waals surface area contributed by atoms with Gasteiger partial charge in [0, 0.05) is 11.6 Å². The van der Waals surface area contributed by atoms with Gasteiger partial charge in [0.25, 0.3) is 0 Å². The lowest BCUT2D eigenvalue weighted by molar-refractivity contribution is -0.132. The Kier molecular flexibility index (Phi) is 6.44. The Morgan fingerprint density at radius 2 is 1.86 bits per heavy atom. The number of carbonyl (C=O) groups is 1. The summed E-state index contributed by atoms with van der Waals surface area (Å²) in [5.41, 5.74) is 2.16. The van der Waals surface area contributed by atoms with Gasteiger partial charge in [-0.05, 0) is 36.6 Å². The van der Waals surface area contributed by atoms with E-state index in [-0.39, 0.29) is 5.91 Å². The second-order valence-electron chi connectivity index (χ2n) is 5.11. The van der Waals surface area contributed by atoms with Crippen molar-refractivity contribution in [1.82, 2.24) is 5.32 Å². The van der Waals surface area contributed by atoms with Gasteiger partial charge in [-0.3, -0.25) is 4.79 Å². The predicted octanol–water partition coefficient (Wildman–Crippen LogP) is 3.60. The van der Waals surface area contributed by atoms with Crippen molar-refractivity contribution in [2.24, 2.45) is 0 Å². The zero-order valence-electron chi connectivity index (χ0n) is 12.6. The number of carbonyl (C=O) groups excluding carboxylic acids is 1. The molecule has 1 atom stereocenters. The highest BCUT2D eigenvalue weighted by molar-refractivity contribution is 6.30. The number of hydrogen-bond acceptors (Lipinski definition) is 2. The van der Waals surface area contributed by atoms with E-state index in [4.69, 9.17) is 16.3 Å². The molecule has 1 amide bonds. The molecule has 3 nitrogen and oxygen atoms in total. The molecule has 0 saturated carbocycles. The van der Waals surface area contributed by atoms with Crippen LogP contribution in [0.3, 0.4) is 0 Å². The summed E-state index contributed by atoms with van der Waals surface area (Å²) in [4.78, 5) is 12.0. The molecule has 0 aromatic heterocycles. The highest BCUT2D eigenvalue weighted by atomic mass is 35.5. The van der Waals surface area contributed by atoms with E-state index in [1.807, 2.05) is 54.6 Å². The van der Waals surface area contributed by atoms with E-state index in [2.05, 4.69) is 5.32 Å². The molecule has 0 saturated heterocycles. The van der Waals surface area contributed by atoms with Gasteiger partial charge in [-0.1, -0.05) is 54.1 Å². The Labute approximate surface area is 136 Å². The Balaban J connectivity index is 1.70. The van der Waals surface area contributed by atoms with E-state index in [0.29, 0.717) is 18.2 Å². The maximum atomic E-state index is 12.0. The molecule has 116 valence electrons. The van der Waals surface area contributed by atoms with Gasteiger partial charge in [0.05, 0.1) is 6.61 Å². The number of hydrogen-bond donors (Lipinski definition) is 1. The fourth-order valence-corrected chi connectivity index (χ4v) is 2.25. The molecule has 2 rings (SSSR count). The molecule has 0 heterocycles. The van der Waals surface area contributed by atoms with Gasteiger partial charge < -0.3 is 10.1 Å². The highest BCUT2D eigenvalue weighted by Gasteiger charge is 2.12. The summed E-state index contributed by atoms with van der Waals surface area (Å²) in [7, 11) is 0. The summed E-state index contributed by atoms with van der Waals surface area (Å²) in [6, 6.07) is 17.5. The number of benzene rings is 2. The predicted molar refractivity (Wildman–Crippen MR) is 88.9 cm³/mol. The lowest BCUT2D eigenvalue weighted by Gasteiger charge is -2.13. The largest absolute Gasteiger partial charge is 0.364 e. The van der Waals surface area contributed by atoms with Crippen molar-refractivity contribution >= 4 is 17.5 Å². The lowest BCUT2D eigenvalue weighted by atomic mass is 10.1. The first kappa shape index (κ1) is 16.5. The van der Waals surface area contributed by atoms with Gasteiger partial charge in [-0.25, -0.2) is 0 Å². The van der Waals surface area contributed by atoms with Crippen LogP contribution in [0.5, 0.6) is 0 Å². The van der Waals surface area contributed by atoms with Crippen LogP contribution >= 0.6 is 11.6 Å². The highest BCUT2D eigenvalue weighted by Crippen LogP contribution is 2.10. The van der Waals surface area contributed by atoms with Crippen LogP contribution in [0.1, 0.15) is 18.1 Å². The van der Waals surface area contributed by atoms with Crippen LogP contribution in [0.4, 0.5) is 0 Å². The summed E-state index contributed by atoms with van der Waals surface area (Å²) in [5.74, 6) is -0.0991. The van der Waals surface area contributed by atoms with E-state index in [1.165, 1.54) is 0 Å². The van der Waals surface area contributed by atoms with Crippen LogP contribution in [-0.2, 0) is 22.6 Å². The average Bonchev–Trinajstić information content (AvgIpc) is 2.53. The van der Waals surface area contributed by atoms with Crippen LogP contribution in [0.15, 0.2) is 54.6 Å². The Morgan fingerprint density at radius 3 is 2.59 bits per heavy atom. The molecule has 22 heavy (non-hydrogen) atoms. The van der Waals surface area contributed by atoms with Crippen molar-refractivity contribution in [3.05, 3.63) is 70.7 Å². The molecule has 0 unspecified atom stereocenters. The Bertz CT molecular complexity index is 601. The smallest absolute Gasteiger partial charge is 0.248 e. The average molecular weight is 318 g/mol. The first-order chi connectivity index (χ1) is 10.6. The molecule has 0 aliphatic rings. The summed E-state index contributed by atoms with van der Waals surface area (Å²) in [6.07, 6.45) is 0.275. The number of amides is 1. The summed E-state index contributed by atoms with van der Waals surface area (Å²) in [6.45, 7) is 2.76. The number of nitrogens with one attached hydrogen (secondary N) is 1. The monoisotopic (exact) mass is 317 g/mol. The van der Waals surface area contributed by atoms with Gasteiger partial charge in [0.15, 0.2) is 0 Å². The van der Waals surface area contributed by atoms with Gasteiger partial charge in [-0.15, -0.1) is 0 Å². The second kappa shape index (κ2) is 8.57. The third kappa shape index (κ3) is 5.51. The van der Waals surface area contributed by atoms with Crippen LogP contribution < -0.4 is 5.32 Å². The van der Waals surface area contributed by atoms with E-state index < -0.39 is 6.10 Å². The van der Waals surface area contributed by atoms with E-state index >= 15 is 0 Å².